The number of nitrogens with one attached hydrogen (secondary N) is 2. The van der Waals surface area contributed by atoms with E-state index < -0.39 is 0 Å². The second-order valence-corrected chi connectivity index (χ2v) is 7.40. The Bertz CT molecular complexity index is 1190. The standard InChI is InChI=1S/C22H18N4O/c1-22(2)19-9-13(5-6-16(19)21(27)26-22)18-12-25-20-17(18)8-15(11-24-20)14-4-3-7-23-10-14/h3-12H,1-2H3,(H,24,25)(H,26,27). The van der Waals surface area contributed by atoms with Crippen LogP contribution in [0.15, 0.2) is 61.2 Å². The van der Waals surface area contributed by atoms with Gasteiger partial charge in [-0.1, -0.05) is 12.1 Å². The van der Waals surface area contributed by atoms with Gasteiger partial charge in [0.1, 0.15) is 5.65 Å². The number of H-pyrrole nitrogens is 1. The highest BCUT2D eigenvalue weighted by molar-refractivity contribution is 6.02. The summed E-state index contributed by atoms with van der Waals surface area (Å²) in [5.74, 6) is -0.0130. The van der Waals surface area contributed by atoms with Crippen LogP contribution in [0.1, 0.15) is 29.8 Å². The molecule has 0 aliphatic carbocycles. The molecule has 1 aliphatic heterocycles. The normalized spacial score (nSPS) is 15.0. The topological polar surface area (TPSA) is 70.7 Å². The Morgan fingerprint density at radius 2 is 1.85 bits per heavy atom. The van der Waals surface area contributed by atoms with Crippen LogP contribution in [0.3, 0.4) is 0 Å². The molecular weight excluding hydrogens is 336 g/mol. The maximum Gasteiger partial charge on any atom is 0.252 e. The number of rotatable bonds is 2. The summed E-state index contributed by atoms with van der Waals surface area (Å²) in [4.78, 5) is 24.2. The Kier molecular flexibility index (Phi) is 3.22. The van der Waals surface area contributed by atoms with Crippen molar-refractivity contribution in [3.05, 3.63) is 72.3 Å². The average Bonchev–Trinajstić information content (AvgIpc) is 3.20. The van der Waals surface area contributed by atoms with E-state index in [1.807, 2.05) is 56.7 Å². The molecule has 0 radical (unpaired) electrons. The van der Waals surface area contributed by atoms with E-state index >= 15 is 0 Å². The van der Waals surface area contributed by atoms with Gasteiger partial charge in [0.25, 0.3) is 5.91 Å². The minimum absolute atomic E-state index is 0.0130. The zero-order valence-corrected chi connectivity index (χ0v) is 15.1. The van der Waals surface area contributed by atoms with Crippen molar-refractivity contribution < 1.29 is 4.79 Å². The van der Waals surface area contributed by atoms with Crippen molar-refractivity contribution in [2.45, 2.75) is 19.4 Å². The lowest BCUT2D eigenvalue weighted by Gasteiger charge is -2.19. The molecule has 5 nitrogen and oxygen atoms in total. The highest BCUT2D eigenvalue weighted by atomic mass is 16.2. The lowest BCUT2D eigenvalue weighted by molar-refractivity contribution is 0.0940. The van der Waals surface area contributed by atoms with Crippen LogP contribution in [-0.2, 0) is 5.54 Å². The average molecular weight is 354 g/mol. The van der Waals surface area contributed by atoms with Gasteiger partial charge in [-0.15, -0.1) is 0 Å². The highest BCUT2D eigenvalue weighted by Crippen LogP contribution is 2.36. The molecule has 3 aromatic heterocycles. The predicted molar refractivity (Wildman–Crippen MR) is 105 cm³/mol. The van der Waals surface area contributed by atoms with Crippen LogP contribution in [0.25, 0.3) is 33.3 Å². The van der Waals surface area contributed by atoms with Gasteiger partial charge in [-0.3, -0.25) is 9.78 Å². The van der Waals surface area contributed by atoms with E-state index in [-0.39, 0.29) is 11.4 Å². The van der Waals surface area contributed by atoms with Crippen LogP contribution in [0, 0.1) is 0 Å². The van der Waals surface area contributed by atoms with Gasteiger partial charge < -0.3 is 10.3 Å². The summed E-state index contributed by atoms with van der Waals surface area (Å²) in [6.45, 7) is 4.05. The third-order valence-electron chi connectivity index (χ3n) is 5.20. The van der Waals surface area contributed by atoms with Gasteiger partial charge in [-0.2, -0.15) is 0 Å². The molecule has 1 aromatic carbocycles. The van der Waals surface area contributed by atoms with Crippen molar-refractivity contribution in [2.75, 3.05) is 0 Å². The smallest absolute Gasteiger partial charge is 0.252 e. The minimum atomic E-state index is -0.367. The Balaban J connectivity index is 1.67. The van der Waals surface area contributed by atoms with Crippen molar-refractivity contribution >= 4 is 16.9 Å². The van der Waals surface area contributed by atoms with E-state index in [0.717, 1.165) is 44.4 Å². The number of amides is 1. The van der Waals surface area contributed by atoms with E-state index in [0.29, 0.717) is 0 Å². The number of aromatic nitrogens is 3. The van der Waals surface area contributed by atoms with Crippen LogP contribution in [0.2, 0.25) is 0 Å². The molecule has 0 spiro atoms. The monoisotopic (exact) mass is 354 g/mol. The van der Waals surface area contributed by atoms with Crippen molar-refractivity contribution in [2.24, 2.45) is 0 Å². The summed E-state index contributed by atoms with van der Waals surface area (Å²) in [5.41, 5.74) is 6.43. The summed E-state index contributed by atoms with van der Waals surface area (Å²) < 4.78 is 0. The molecule has 2 N–H and O–H groups in total. The SMILES string of the molecule is CC1(C)NC(=O)c2ccc(-c3c[nH]c4ncc(-c5cccnc5)cc34)cc21. The van der Waals surface area contributed by atoms with E-state index in [2.05, 4.69) is 32.4 Å². The minimum Gasteiger partial charge on any atom is -0.346 e. The summed E-state index contributed by atoms with van der Waals surface area (Å²) in [7, 11) is 0. The molecule has 1 amide bonds. The predicted octanol–water partition coefficient (Wildman–Crippen LogP) is 4.27. The van der Waals surface area contributed by atoms with Crippen LogP contribution in [0.4, 0.5) is 0 Å². The molecule has 0 bridgehead atoms. The molecule has 0 fully saturated rings. The maximum absolute atomic E-state index is 12.2. The molecule has 5 heteroatoms. The zero-order chi connectivity index (χ0) is 18.6. The Labute approximate surface area is 156 Å². The second-order valence-electron chi connectivity index (χ2n) is 7.40. The molecule has 4 aromatic rings. The number of carbonyl (C=O) groups is 1. The second kappa shape index (κ2) is 5.51. The Morgan fingerprint density at radius 3 is 2.67 bits per heavy atom. The molecule has 132 valence electrons. The molecular formula is C22H18N4O. The van der Waals surface area contributed by atoms with Crippen molar-refractivity contribution in [1.29, 1.82) is 0 Å². The van der Waals surface area contributed by atoms with Crippen LogP contribution in [0.5, 0.6) is 0 Å². The third kappa shape index (κ3) is 2.43. The molecule has 5 rings (SSSR count). The fourth-order valence-corrected chi connectivity index (χ4v) is 3.78. The lowest BCUT2D eigenvalue weighted by atomic mass is 9.91. The molecule has 0 saturated heterocycles. The number of hydrogen-bond acceptors (Lipinski definition) is 3. The Morgan fingerprint density at radius 1 is 0.963 bits per heavy atom. The summed E-state index contributed by atoms with van der Waals surface area (Å²) in [6.07, 6.45) is 7.43. The van der Waals surface area contributed by atoms with Crippen LogP contribution >= 0.6 is 0 Å². The fraction of sp³-hybridized carbons (Fsp3) is 0.136. The summed E-state index contributed by atoms with van der Waals surface area (Å²) in [6, 6.07) is 12.1. The quantitative estimate of drug-likeness (QED) is 0.565. The summed E-state index contributed by atoms with van der Waals surface area (Å²) in [5, 5.41) is 4.08. The fourth-order valence-electron chi connectivity index (χ4n) is 3.78. The van der Waals surface area contributed by atoms with Gasteiger partial charge >= 0.3 is 0 Å². The molecule has 0 saturated carbocycles. The number of pyridine rings is 2. The summed E-state index contributed by atoms with van der Waals surface area (Å²) >= 11 is 0. The first kappa shape index (κ1) is 15.8. The molecule has 4 heterocycles. The van der Waals surface area contributed by atoms with Gasteiger partial charge in [-0.25, -0.2) is 4.98 Å². The number of benzene rings is 1. The van der Waals surface area contributed by atoms with Crippen molar-refractivity contribution in [3.63, 3.8) is 0 Å². The van der Waals surface area contributed by atoms with E-state index in [9.17, 15) is 4.79 Å². The molecule has 0 unspecified atom stereocenters. The zero-order valence-electron chi connectivity index (χ0n) is 15.1. The molecule has 27 heavy (non-hydrogen) atoms. The van der Waals surface area contributed by atoms with Crippen LogP contribution < -0.4 is 5.32 Å². The first-order valence-electron chi connectivity index (χ1n) is 8.88. The highest BCUT2D eigenvalue weighted by Gasteiger charge is 2.35. The molecule has 1 aliphatic rings. The van der Waals surface area contributed by atoms with Gasteiger partial charge in [0.15, 0.2) is 0 Å². The number of fused-ring (bicyclic) bond motifs is 2. The van der Waals surface area contributed by atoms with Gasteiger partial charge in [0, 0.05) is 52.4 Å². The van der Waals surface area contributed by atoms with Gasteiger partial charge in [-0.05, 0) is 49.2 Å². The van der Waals surface area contributed by atoms with E-state index in [4.69, 9.17) is 0 Å². The van der Waals surface area contributed by atoms with E-state index in [1.54, 1.807) is 6.20 Å². The first-order chi connectivity index (χ1) is 13.0. The maximum atomic E-state index is 12.2. The number of aromatic amines is 1. The lowest BCUT2D eigenvalue weighted by Crippen LogP contribution is -2.32. The van der Waals surface area contributed by atoms with Crippen molar-refractivity contribution in [1.82, 2.24) is 20.3 Å². The van der Waals surface area contributed by atoms with Crippen molar-refractivity contribution in [3.8, 4) is 22.3 Å². The Hall–Kier alpha value is -3.47. The van der Waals surface area contributed by atoms with Gasteiger partial charge in [0.05, 0.1) is 5.54 Å². The molecule has 0 atom stereocenters. The van der Waals surface area contributed by atoms with Crippen LogP contribution in [-0.4, -0.2) is 20.9 Å². The third-order valence-corrected chi connectivity index (χ3v) is 5.20. The first-order valence-corrected chi connectivity index (χ1v) is 8.88. The number of hydrogen-bond donors (Lipinski definition) is 2. The largest absolute Gasteiger partial charge is 0.346 e. The number of nitrogens with zero attached hydrogens (tertiary/aromatic N) is 2. The number of carbonyl (C=O) groups excluding carboxylic acids is 1. The van der Waals surface area contributed by atoms with E-state index in [1.165, 1.54) is 0 Å². The van der Waals surface area contributed by atoms with Gasteiger partial charge in [0.2, 0.25) is 0 Å².